The van der Waals surface area contributed by atoms with Crippen molar-refractivity contribution < 1.29 is 26.6 Å². The summed E-state index contributed by atoms with van der Waals surface area (Å²) < 4.78 is 34.2. The van der Waals surface area contributed by atoms with E-state index in [0.29, 0.717) is 0 Å². The maximum atomic E-state index is 5.70. The summed E-state index contributed by atoms with van der Waals surface area (Å²) in [5.41, 5.74) is 2.52. The lowest BCUT2D eigenvalue weighted by molar-refractivity contribution is 0.140. The molecular weight excluding hydrogens is 392 g/mol. The Hall–Kier alpha value is -1.63. The molecule has 0 N–H and O–H groups in total. The van der Waals surface area contributed by atoms with Crippen LogP contribution in [0.2, 0.25) is 0 Å². The molecule has 2 aromatic carbocycles. The van der Waals surface area contributed by atoms with E-state index in [1.54, 1.807) is 42.7 Å². The van der Waals surface area contributed by atoms with Crippen molar-refractivity contribution in [2.45, 2.75) is 0 Å². The average Bonchev–Trinajstić information content (AvgIpc) is 2.77. The van der Waals surface area contributed by atoms with Gasteiger partial charge in [-0.2, -0.15) is 0 Å². The van der Waals surface area contributed by atoms with E-state index in [1.165, 1.54) is 0 Å². The van der Waals surface area contributed by atoms with Crippen molar-refractivity contribution in [3.8, 4) is 0 Å². The van der Waals surface area contributed by atoms with Crippen molar-refractivity contribution in [3.05, 3.63) is 66.2 Å². The highest BCUT2D eigenvalue weighted by Crippen LogP contribution is 2.24. The quantitative estimate of drug-likeness (QED) is 0.548. The molecule has 0 unspecified atom stereocenters. The summed E-state index contributed by atoms with van der Waals surface area (Å²) in [5, 5.41) is 1.67. The summed E-state index contributed by atoms with van der Waals surface area (Å²) >= 11 is 0. The van der Waals surface area contributed by atoms with Crippen molar-refractivity contribution >= 4 is 33.6 Å². The Morgan fingerprint density at radius 3 is 1.14 bits per heavy atom. The first-order chi connectivity index (χ1) is 13.5. The molecule has 2 aromatic rings. The Morgan fingerprint density at radius 2 is 0.857 bits per heavy atom. The standard InChI is InChI=1S/C20H28O6Si2/c1-16(17-12-8-10-14-19(17)27(21-2,22-3)23-4)18-13-9-11-15-20(18)28(24-5,25-6)26-7/h8-15H,1H2,2-7H3. The van der Waals surface area contributed by atoms with Crippen molar-refractivity contribution in [1.82, 2.24) is 0 Å². The van der Waals surface area contributed by atoms with Crippen LogP contribution in [0, 0.1) is 0 Å². The summed E-state index contributed by atoms with van der Waals surface area (Å²) in [6.07, 6.45) is 0. The molecule has 0 spiro atoms. The fourth-order valence-corrected chi connectivity index (χ4v) is 7.38. The van der Waals surface area contributed by atoms with Crippen LogP contribution in [0.3, 0.4) is 0 Å². The maximum Gasteiger partial charge on any atom is 0.537 e. The minimum Gasteiger partial charge on any atom is -0.373 e. The highest BCUT2D eigenvalue weighted by atomic mass is 28.4. The van der Waals surface area contributed by atoms with Gasteiger partial charge in [-0.05, 0) is 16.7 Å². The molecule has 8 heteroatoms. The third kappa shape index (κ3) is 3.91. The average molecular weight is 421 g/mol. The minimum absolute atomic E-state index is 0.775. The predicted molar refractivity (Wildman–Crippen MR) is 114 cm³/mol. The Morgan fingerprint density at radius 1 is 0.571 bits per heavy atom. The van der Waals surface area contributed by atoms with Crippen molar-refractivity contribution in [3.63, 3.8) is 0 Å². The molecule has 0 fully saturated rings. The topological polar surface area (TPSA) is 55.4 Å². The first kappa shape index (κ1) is 22.7. The van der Waals surface area contributed by atoms with E-state index in [-0.39, 0.29) is 0 Å². The molecular formula is C20H28O6Si2. The summed E-state index contributed by atoms with van der Waals surface area (Å²) in [7, 11) is 3.40. The van der Waals surface area contributed by atoms with Crippen LogP contribution in [-0.4, -0.2) is 60.3 Å². The van der Waals surface area contributed by atoms with Gasteiger partial charge in [-0.1, -0.05) is 55.1 Å². The van der Waals surface area contributed by atoms with E-state index in [2.05, 4.69) is 6.58 Å². The number of benzene rings is 2. The zero-order valence-electron chi connectivity index (χ0n) is 17.3. The zero-order valence-corrected chi connectivity index (χ0v) is 19.3. The fourth-order valence-electron chi connectivity index (χ4n) is 3.33. The first-order valence-electron chi connectivity index (χ1n) is 8.68. The van der Waals surface area contributed by atoms with Gasteiger partial charge in [0.1, 0.15) is 0 Å². The van der Waals surface area contributed by atoms with Crippen LogP contribution >= 0.6 is 0 Å². The number of hydrogen-bond donors (Lipinski definition) is 0. The second-order valence-electron chi connectivity index (χ2n) is 5.91. The van der Waals surface area contributed by atoms with Gasteiger partial charge < -0.3 is 26.6 Å². The third-order valence-corrected chi connectivity index (χ3v) is 10.2. The molecule has 0 aliphatic carbocycles. The zero-order chi connectivity index (χ0) is 20.8. The smallest absolute Gasteiger partial charge is 0.373 e. The molecule has 0 amide bonds. The number of hydrogen-bond acceptors (Lipinski definition) is 6. The molecule has 152 valence electrons. The Balaban J connectivity index is 2.68. The fraction of sp³-hybridized carbons (Fsp3) is 0.300. The molecule has 0 aliphatic heterocycles. The summed E-state index contributed by atoms with van der Waals surface area (Å²) in [4.78, 5) is 0. The Bertz CT molecular complexity index is 721. The molecule has 0 aliphatic rings. The molecule has 0 radical (unpaired) electrons. The highest BCUT2D eigenvalue weighted by molar-refractivity contribution is 6.77. The monoisotopic (exact) mass is 420 g/mol. The first-order valence-corrected chi connectivity index (χ1v) is 12.1. The third-order valence-electron chi connectivity index (χ3n) is 4.78. The lowest BCUT2D eigenvalue weighted by atomic mass is 9.99. The molecule has 0 atom stereocenters. The van der Waals surface area contributed by atoms with Gasteiger partial charge in [0, 0.05) is 53.0 Å². The lowest BCUT2D eigenvalue weighted by Gasteiger charge is -2.29. The van der Waals surface area contributed by atoms with Gasteiger partial charge >= 0.3 is 17.6 Å². The van der Waals surface area contributed by atoms with Gasteiger partial charge in [0.15, 0.2) is 0 Å². The SMILES string of the molecule is C=C(c1ccccc1[Si](OC)(OC)OC)c1ccccc1[Si](OC)(OC)OC. The van der Waals surface area contributed by atoms with E-state index in [0.717, 1.165) is 27.1 Å². The maximum absolute atomic E-state index is 5.70. The van der Waals surface area contributed by atoms with Gasteiger partial charge in [-0.25, -0.2) is 0 Å². The molecule has 0 heterocycles. The van der Waals surface area contributed by atoms with E-state index < -0.39 is 17.6 Å². The van der Waals surface area contributed by atoms with Crippen LogP contribution in [0.5, 0.6) is 0 Å². The van der Waals surface area contributed by atoms with Crippen molar-refractivity contribution in [1.29, 1.82) is 0 Å². The summed E-state index contributed by atoms with van der Waals surface area (Å²) in [6.45, 7) is 4.36. The second-order valence-corrected chi connectivity index (χ2v) is 11.7. The normalized spacial score (nSPS) is 12.2. The Kier molecular flexibility index (Phi) is 7.87. The molecule has 0 saturated carbocycles. The molecule has 0 bridgehead atoms. The molecule has 28 heavy (non-hydrogen) atoms. The Labute approximate surface area is 169 Å². The molecule has 0 aromatic heterocycles. The van der Waals surface area contributed by atoms with Gasteiger partial charge in [0.05, 0.1) is 0 Å². The molecule has 6 nitrogen and oxygen atoms in total. The van der Waals surface area contributed by atoms with Crippen LogP contribution in [0.1, 0.15) is 11.1 Å². The van der Waals surface area contributed by atoms with Crippen LogP contribution < -0.4 is 10.4 Å². The van der Waals surface area contributed by atoms with E-state index >= 15 is 0 Å². The van der Waals surface area contributed by atoms with Crippen LogP contribution in [0.4, 0.5) is 0 Å². The molecule has 0 saturated heterocycles. The molecule has 2 rings (SSSR count). The van der Waals surface area contributed by atoms with E-state index in [9.17, 15) is 0 Å². The predicted octanol–water partition coefficient (Wildman–Crippen LogP) is 1.92. The summed E-state index contributed by atoms with van der Waals surface area (Å²) in [5.74, 6) is 0. The number of rotatable bonds is 10. The van der Waals surface area contributed by atoms with Gasteiger partial charge in [-0.15, -0.1) is 0 Å². The van der Waals surface area contributed by atoms with Gasteiger partial charge in [0.2, 0.25) is 0 Å². The van der Waals surface area contributed by atoms with E-state index in [4.69, 9.17) is 26.6 Å². The van der Waals surface area contributed by atoms with Gasteiger partial charge in [-0.3, -0.25) is 0 Å². The van der Waals surface area contributed by atoms with E-state index in [1.807, 2.05) is 48.5 Å². The highest BCUT2D eigenvalue weighted by Gasteiger charge is 2.45. The van der Waals surface area contributed by atoms with Crippen LogP contribution in [-0.2, 0) is 26.6 Å². The lowest BCUT2D eigenvalue weighted by Crippen LogP contribution is -2.57. The second kappa shape index (κ2) is 9.72. The van der Waals surface area contributed by atoms with Gasteiger partial charge in [0.25, 0.3) is 0 Å². The van der Waals surface area contributed by atoms with Crippen molar-refractivity contribution in [2.24, 2.45) is 0 Å². The summed E-state index contributed by atoms with van der Waals surface area (Å²) in [6, 6.07) is 15.6. The van der Waals surface area contributed by atoms with Crippen molar-refractivity contribution in [2.75, 3.05) is 42.7 Å². The largest absolute Gasteiger partial charge is 0.537 e. The van der Waals surface area contributed by atoms with Crippen LogP contribution in [0.25, 0.3) is 5.57 Å². The van der Waals surface area contributed by atoms with Crippen LogP contribution in [0.15, 0.2) is 55.1 Å². The minimum atomic E-state index is -3.07.